The van der Waals surface area contributed by atoms with Crippen LogP contribution >= 0.6 is 17.0 Å². The zero-order chi connectivity index (χ0) is 14.0. The van der Waals surface area contributed by atoms with Gasteiger partial charge in [0.15, 0.2) is 0 Å². The minimum Gasteiger partial charge on any atom is -0.480 e. The smallest absolute Gasteiger partial charge is 0.323 e. The average molecular weight is 338 g/mol. The fourth-order valence-electron chi connectivity index (χ4n) is 1.64. The van der Waals surface area contributed by atoms with Crippen molar-refractivity contribution < 1.29 is 18.7 Å². The molecule has 0 amide bonds. The largest absolute Gasteiger partial charge is 0.480 e. The molecule has 0 aliphatic carbocycles. The first kappa shape index (κ1) is 18.0. The highest BCUT2D eigenvalue weighted by molar-refractivity contribution is 8.93. The van der Waals surface area contributed by atoms with Gasteiger partial charge in [-0.05, 0) is 12.5 Å². The van der Waals surface area contributed by atoms with Gasteiger partial charge in [0.1, 0.15) is 5.54 Å². The predicted molar refractivity (Wildman–Crippen MR) is 74.8 cm³/mol. The summed E-state index contributed by atoms with van der Waals surface area (Å²) in [6.07, 6.45) is -0.519. The zero-order valence-corrected chi connectivity index (χ0v) is 12.5. The first-order valence-corrected chi connectivity index (χ1v) is 5.62. The lowest BCUT2D eigenvalue weighted by atomic mass is 9.81. The topological polar surface area (TPSA) is 63.3 Å². The van der Waals surface area contributed by atoms with Gasteiger partial charge >= 0.3 is 5.97 Å². The Morgan fingerprint density at radius 3 is 2.26 bits per heavy atom. The van der Waals surface area contributed by atoms with Crippen LogP contribution in [0.3, 0.4) is 0 Å². The lowest BCUT2D eigenvalue weighted by molar-refractivity contribution is -0.153. The summed E-state index contributed by atoms with van der Waals surface area (Å²) in [6.45, 7) is 2.27. The Kier molecular flexibility index (Phi) is 6.09. The molecule has 1 aromatic carbocycles. The molecule has 1 aromatic rings. The number of alkyl halides is 2. The van der Waals surface area contributed by atoms with Crippen molar-refractivity contribution in [1.82, 2.24) is 0 Å². The summed E-state index contributed by atoms with van der Waals surface area (Å²) in [7, 11) is 0. The number of carboxylic acids is 1. The van der Waals surface area contributed by atoms with E-state index in [1.807, 2.05) is 0 Å². The molecule has 0 saturated carbocycles. The van der Waals surface area contributed by atoms with Crippen molar-refractivity contribution in [1.29, 1.82) is 0 Å². The molecule has 108 valence electrons. The lowest BCUT2D eigenvalue weighted by Gasteiger charge is -2.33. The van der Waals surface area contributed by atoms with Crippen LogP contribution in [0.5, 0.6) is 0 Å². The molecule has 0 saturated heterocycles. The quantitative estimate of drug-likeness (QED) is 0.868. The second-order valence-corrected chi connectivity index (χ2v) is 4.73. The fraction of sp³-hybridized carbons (Fsp3) is 0.462. The molecule has 0 aliphatic rings. The van der Waals surface area contributed by atoms with Gasteiger partial charge in [0.25, 0.3) is 5.92 Å². The maximum Gasteiger partial charge on any atom is 0.323 e. The molecule has 1 rings (SSSR count). The van der Waals surface area contributed by atoms with E-state index in [4.69, 9.17) is 10.8 Å². The number of hydrogen-bond donors (Lipinski definition) is 2. The van der Waals surface area contributed by atoms with Gasteiger partial charge in [-0.2, -0.15) is 0 Å². The lowest BCUT2D eigenvalue weighted by Crippen LogP contribution is -2.56. The molecule has 3 nitrogen and oxygen atoms in total. The summed E-state index contributed by atoms with van der Waals surface area (Å²) < 4.78 is 28.0. The number of carboxylic acid groups (broad SMARTS) is 1. The predicted octanol–water partition coefficient (Wildman–Crippen LogP) is 2.88. The van der Waals surface area contributed by atoms with E-state index in [1.165, 1.54) is 0 Å². The highest BCUT2D eigenvalue weighted by Gasteiger charge is 2.49. The number of halogens is 3. The molecule has 6 heteroatoms. The Hall–Kier alpha value is -1.01. The first-order chi connectivity index (χ1) is 8.18. The molecular weight excluding hydrogens is 320 g/mol. The molecule has 3 N–H and O–H groups in total. The van der Waals surface area contributed by atoms with E-state index in [0.717, 1.165) is 13.8 Å². The standard InChI is InChI=1S/C13H17F2NO2.BrH/c1-9(12(2,16)11(17)18)13(14,15)8-10-6-4-3-5-7-10;/h3-7,9H,8,16H2,1-2H3,(H,17,18);1H/t9?,12-;/m0./s1. The number of aliphatic carboxylic acids is 1. The molecule has 1 unspecified atom stereocenters. The van der Waals surface area contributed by atoms with Gasteiger partial charge in [0.2, 0.25) is 0 Å². The monoisotopic (exact) mass is 337 g/mol. The number of rotatable bonds is 5. The van der Waals surface area contributed by atoms with Crippen LogP contribution in [0.4, 0.5) is 8.78 Å². The number of benzene rings is 1. The van der Waals surface area contributed by atoms with Crippen molar-refractivity contribution in [2.75, 3.05) is 0 Å². The summed E-state index contributed by atoms with van der Waals surface area (Å²) in [4.78, 5) is 10.9. The van der Waals surface area contributed by atoms with Crippen LogP contribution in [0.1, 0.15) is 19.4 Å². The van der Waals surface area contributed by atoms with Crippen LogP contribution in [0.15, 0.2) is 30.3 Å². The normalized spacial score (nSPS) is 16.1. The van der Waals surface area contributed by atoms with Crippen LogP contribution in [-0.4, -0.2) is 22.5 Å². The van der Waals surface area contributed by atoms with Crippen molar-refractivity contribution in [3.05, 3.63) is 35.9 Å². The number of hydrogen-bond acceptors (Lipinski definition) is 2. The SMILES string of the molecule is Br.CC(C(F)(F)Cc1ccccc1)[C@](C)(N)C(=O)O. The van der Waals surface area contributed by atoms with E-state index < -0.39 is 29.8 Å². The molecule has 0 heterocycles. The highest BCUT2D eigenvalue weighted by atomic mass is 79.9. The second-order valence-electron chi connectivity index (χ2n) is 4.73. The van der Waals surface area contributed by atoms with Gasteiger partial charge in [-0.1, -0.05) is 37.3 Å². The third-order valence-electron chi connectivity index (χ3n) is 3.28. The van der Waals surface area contributed by atoms with Crippen LogP contribution in [0, 0.1) is 5.92 Å². The van der Waals surface area contributed by atoms with E-state index in [0.29, 0.717) is 5.56 Å². The van der Waals surface area contributed by atoms with E-state index in [2.05, 4.69) is 0 Å². The van der Waals surface area contributed by atoms with Crippen molar-refractivity contribution in [3.63, 3.8) is 0 Å². The Morgan fingerprint density at radius 2 is 1.84 bits per heavy atom. The molecule has 0 aliphatic heterocycles. The third-order valence-corrected chi connectivity index (χ3v) is 3.28. The van der Waals surface area contributed by atoms with Crippen LogP contribution in [0.25, 0.3) is 0 Å². The van der Waals surface area contributed by atoms with E-state index in [1.54, 1.807) is 30.3 Å². The van der Waals surface area contributed by atoms with Gasteiger partial charge in [-0.15, -0.1) is 17.0 Å². The fourth-order valence-corrected chi connectivity index (χ4v) is 1.64. The van der Waals surface area contributed by atoms with E-state index in [9.17, 15) is 13.6 Å². The number of nitrogens with two attached hydrogens (primary N) is 1. The van der Waals surface area contributed by atoms with E-state index >= 15 is 0 Å². The maximum absolute atomic E-state index is 14.0. The molecule has 2 atom stereocenters. The van der Waals surface area contributed by atoms with Crippen molar-refractivity contribution in [2.24, 2.45) is 11.7 Å². The van der Waals surface area contributed by atoms with Crippen molar-refractivity contribution in [2.45, 2.75) is 31.7 Å². The molecule has 0 bridgehead atoms. The minimum atomic E-state index is -3.18. The zero-order valence-electron chi connectivity index (χ0n) is 10.8. The first-order valence-electron chi connectivity index (χ1n) is 5.62. The number of carbonyl (C=O) groups is 1. The minimum absolute atomic E-state index is 0. The molecule has 0 aromatic heterocycles. The molecule has 0 fully saturated rings. The van der Waals surface area contributed by atoms with Crippen molar-refractivity contribution >= 4 is 23.0 Å². The van der Waals surface area contributed by atoms with Gasteiger partial charge in [0.05, 0.1) is 0 Å². The average Bonchev–Trinajstić information content (AvgIpc) is 2.28. The highest BCUT2D eigenvalue weighted by Crippen LogP contribution is 2.34. The Balaban J connectivity index is 0.00000324. The molecular formula is C13H18BrF2NO2. The maximum atomic E-state index is 14.0. The summed E-state index contributed by atoms with van der Waals surface area (Å²) in [5.74, 6) is -6.08. The van der Waals surface area contributed by atoms with Gasteiger partial charge in [-0.3, -0.25) is 4.79 Å². The Morgan fingerprint density at radius 1 is 1.37 bits per heavy atom. The molecule has 19 heavy (non-hydrogen) atoms. The van der Waals surface area contributed by atoms with Gasteiger partial charge in [-0.25, -0.2) is 8.78 Å². The summed E-state index contributed by atoms with van der Waals surface area (Å²) in [5, 5.41) is 8.88. The van der Waals surface area contributed by atoms with Crippen LogP contribution < -0.4 is 5.73 Å². The summed E-state index contributed by atoms with van der Waals surface area (Å²) >= 11 is 0. The second kappa shape index (κ2) is 6.43. The van der Waals surface area contributed by atoms with E-state index in [-0.39, 0.29) is 17.0 Å². The van der Waals surface area contributed by atoms with Gasteiger partial charge in [0, 0.05) is 12.3 Å². The van der Waals surface area contributed by atoms with Crippen molar-refractivity contribution in [3.8, 4) is 0 Å². The summed E-state index contributed by atoms with van der Waals surface area (Å²) in [6, 6.07) is 8.21. The third kappa shape index (κ3) is 4.24. The Labute approximate surface area is 121 Å². The molecule has 0 spiro atoms. The van der Waals surface area contributed by atoms with Crippen LogP contribution in [0.2, 0.25) is 0 Å². The Bertz CT molecular complexity index is 424. The van der Waals surface area contributed by atoms with Crippen LogP contribution in [-0.2, 0) is 11.2 Å². The van der Waals surface area contributed by atoms with Gasteiger partial charge < -0.3 is 10.8 Å². The summed E-state index contributed by atoms with van der Waals surface area (Å²) in [5.41, 5.74) is 3.96. The molecule has 0 radical (unpaired) electrons.